The summed E-state index contributed by atoms with van der Waals surface area (Å²) in [6.45, 7) is 7.22. The summed E-state index contributed by atoms with van der Waals surface area (Å²) in [6.07, 6.45) is 3.71. The van der Waals surface area contributed by atoms with Gasteiger partial charge in [-0.1, -0.05) is 6.07 Å². The highest BCUT2D eigenvalue weighted by molar-refractivity contribution is 7.19. The molecule has 0 spiro atoms. The number of pyridine rings is 1. The van der Waals surface area contributed by atoms with Crippen molar-refractivity contribution in [3.05, 3.63) is 47.5 Å². The number of nitrogens with zero attached hydrogens (tertiary/aromatic N) is 4. The minimum absolute atomic E-state index is 0.123. The molecule has 1 amide bonds. The summed E-state index contributed by atoms with van der Waals surface area (Å²) < 4.78 is 6.64. The van der Waals surface area contributed by atoms with Crippen LogP contribution in [0.25, 0.3) is 10.1 Å². The van der Waals surface area contributed by atoms with E-state index in [1.807, 2.05) is 29.7 Å². The van der Waals surface area contributed by atoms with E-state index in [1.54, 1.807) is 7.11 Å². The van der Waals surface area contributed by atoms with E-state index in [4.69, 9.17) is 4.74 Å². The lowest BCUT2D eigenvalue weighted by molar-refractivity contribution is -0.136. The van der Waals surface area contributed by atoms with Crippen LogP contribution in [-0.4, -0.2) is 62.2 Å². The maximum atomic E-state index is 13.2. The Morgan fingerprint density at radius 2 is 1.81 bits per heavy atom. The van der Waals surface area contributed by atoms with Crippen LogP contribution >= 0.6 is 11.3 Å². The van der Waals surface area contributed by atoms with Crippen molar-refractivity contribution in [2.24, 2.45) is 5.92 Å². The van der Waals surface area contributed by atoms with E-state index in [0.29, 0.717) is 5.91 Å². The molecule has 0 aliphatic carbocycles. The number of hydrogen-bond acceptors (Lipinski definition) is 6. The lowest BCUT2D eigenvalue weighted by atomic mass is 9.94. The van der Waals surface area contributed by atoms with Gasteiger partial charge in [0.15, 0.2) is 0 Å². The van der Waals surface area contributed by atoms with Crippen LogP contribution in [0.15, 0.2) is 42.6 Å². The van der Waals surface area contributed by atoms with E-state index >= 15 is 0 Å². The number of benzene rings is 1. The number of piperazine rings is 1. The summed E-state index contributed by atoms with van der Waals surface area (Å²) >= 11 is 1.82. The molecule has 0 bridgehead atoms. The van der Waals surface area contributed by atoms with E-state index in [1.165, 1.54) is 15.0 Å². The summed E-state index contributed by atoms with van der Waals surface area (Å²) in [5.74, 6) is 2.39. The van der Waals surface area contributed by atoms with Gasteiger partial charge in [-0.25, -0.2) is 4.98 Å². The molecule has 2 fully saturated rings. The second-order valence-electron chi connectivity index (χ2n) is 8.68. The first-order valence-corrected chi connectivity index (χ1v) is 12.2. The van der Waals surface area contributed by atoms with Gasteiger partial charge in [0.1, 0.15) is 11.6 Å². The zero-order valence-electron chi connectivity index (χ0n) is 18.8. The maximum Gasteiger partial charge on any atom is 0.225 e. The molecule has 0 atom stereocenters. The molecule has 0 N–H and O–H groups in total. The van der Waals surface area contributed by atoms with Crippen molar-refractivity contribution < 1.29 is 9.53 Å². The normalized spacial score (nSPS) is 17.8. The molecule has 32 heavy (non-hydrogen) atoms. The number of rotatable bonds is 4. The number of aromatic nitrogens is 1. The zero-order valence-corrected chi connectivity index (χ0v) is 19.6. The lowest BCUT2D eigenvalue weighted by Gasteiger charge is -2.39. The van der Waals surface area contributed by atoms with Crippen molar-refractivity contribution in [3.8, 4) is 5.75 Å². The first-order valence-electron chi connectivity index (χ1n) is 11.4. The molecule has 7 heteroatoms. The van der Waals surface area contributed by atoms with Gasteiger partial charge in [0.05, 0.1) is 7.11 Å². The van der Waals surface area contributed by atoms with Crippen molar-refractivity contribution in [2.75, 3.05) is 56.2 Å². The number of anilines is 2. The number of ether oxygens (including phenoxy) is 1. The molecule has 2 aromatic heterocycles. The molecule has 5 rings (SSSR count). The van der Waals surface area contributed by atoms with E-state index in [9.17, 15) is 4.79 Å². The number of aryl methyl sites for hydroxylation is 1. The second kappa shape index (κ2) is 8.98. The van der Waals surface area contributed by atoms with Gasteiger partial charge in [-0.05, 0) is 44.0 Å². The number of hydrogen-bond donors (Lipinski definition) is 0. The summed E-state index contributed by atoms with van der Waals surface area (Å²) in [6, 6.07) is 12.5. The minimum atomic E-state index is 0.123. The average Bonchev–Trinajstić information content (AvgIpc) is 3.24. The molecular formula is C25H30N4O2S. The van der Waals surface area contributed by atoms with Crippen LogP contribution in [-0.2, 0) is 4.79 Å². The number of carbonyl (C=O) groups is 1. The first-order chi connectivity index (χ1) is 15.6. The SMILES string of the molecule is COc1cccc(N2CCN(C(=O)C3CCN(c4nccc5sc(C)cc45)CC3)CC2)c1. The van der Waals surface area contributed by atoms with Crippen LogP contribution in [0, 0.1) is 12.8 Å². The molecule has 1 aromatic carbocycles. The largest absolute Gasteiger partial charge is 0.497 e. The fourth-order valence-electron chi connectivity index (χ4n) is 4.92. The van der Waals surface area contributed by atoms with Crippen LogP contribution in [0.1, 0.15) is 17.7 Å². The third-order valence-corrected chi connectivity index (χ3v) is 7.72. The van der Waals surface area contributed by atoms with Crippen molar-refractivity contribution >= 4 is 38.8 Å². The Kier molecular flexibility index (Phi) is 5.91. The van der Waals surface area contributed by atoms with Crippen molar-refractivity contribution in [2.45, 2.75) is 19.8 Å². The molecule has 3 aromatic rings. The van der Waals surface area contributed by atoms with Gasteiger partial charge in [0, 0.05) is 78.1 Å². The van der Waals surface area contributed by atoms with Gasteiger partial charge in [0.2, 0.25) is 5.91 Å². The van der Waals surface area contributed by atoms with Crippen LogP contribution in [0.2, 0.25) is 0 Å². The second-order valence-corrected chi connectivity index (χ2v) is 9.97. The maximum absolute atomic E-state index is 13.2. The molecule has 0 unspecified atom stereocenters. The molecule has 2 aliphatic heterocycles. The van der Waals surface area contributed by atoms with E-state index in [0.717, 1.165) is 69.4 Å². The highest BCUT2D eigenvalue weighted by Crippen LogP contribution is 2.33. The van der Waals surface area contributed by atoms with Crippen molar-refractivity contribution in [1.82, 2.24) is 9.88 Å². The third kappa shape index (κ3) is 4.13. The number of fused-ring (bicyclic) bond motifs is 1. The number of thiophene rings is 1. The number of piperidine rings is 1. The van der Waals surface area contributed by atoms with Gasteiger partial charge in [-0.15, -0.1) is 11.3 Å². The lowest BCUT2D eigenvalue weighted by Crippen LogP contribution is -2.51. The molecule has 168 valence electrons. The van der Waals surface area contributed by atoms with Gasteiger partial charge in [-0.3, -0.25) is 4.79 Å². The standard InChI is InChI=1S/C25H30N4O2S/c1-18-16-22-23(32-18)6-9-26-24(22)28-10-7-19(8-11-28)25(30)29-14-12-27(13-15-29)20-4-3-5-21(17-20)31-2/h3-6,9,16-17,19H,7-8,10-15H2,1-2H3. The topological polar surface area (TPSA) is 48.9 Å². The Bertz CT molecular complexity index is 1100. The predicted molar refractivity (Wildman–Crippen MR) is 131 cm³/mol. The molecule has 2 aliphatic rings. The summed E-state index contributed by atoms with van der Waals surface area (Å²) in [5, 5.41) is 1.24. The average molecular weight is 451 g/mol. The quantitative estimate of drug-likeness (QED) is 0.597. The Labute approximate surface area is 193 Å². The molecular weight excluding hydrogens is 420 g/mol. The molecule has 0 saturated carbocycles. The van der Waals surface area contributed by atoms with Gasteiger partial charge >= 0.3 is 0 Å². The highest BCUT2D eigenvalue weighted by Gasteiger charge is 2.31. The summed E-state index contributed by atoms with van der Waals surface area (Å²) in [4.78, 5) is 26.0. The number of carbonyl (C=O) groups excluding carboxylic acids is 1. The number of amides is 1. The van der Waals surface area contributed by atoms with E-state index < -0.39 is 0 Å². The summed E-state index contributed by atoms with van der Waals surface area (Å²) in [5.41, 5.74) is 1.16. The van der Waals surface area contributed by atoms with Gasteiger partial charge in [0.25, 0.3) is 0 Å². The van der Waals surface area contributed by atoms with Gasteiger partial charge < -0.3 is 19.4 Å². The molecule has 6 nitrogen and oxygen atoms in total. The third-order valence-electron chi connectivity index (χ3n) is 6.70. The van der Waals surface area contributed by atoms with Gasteiger partial charge in [-0.2, -0.15) is 0 Å². The molecule has 4 heterocycles. The van der Waals surface area contributed by atoms with Crippen LogP contribution in [0.4, 0.5) is 11.5 Å². The predicted octanol–water partition coefficient (Wildman–Crippen LogP) is 4.18. The van der Waals surface area contributed by atoms with Crippen molar-refractivity contribution in [1.29, 1.82) is 0 Å². The molecule has 0 radical (unpaired) electrons. The Balaban J connectivity index is 1.17. The highest BCUT2D eigenvalue weighted by atomic mass is 32.1. The molecule has 2 saturated heterocycles. The fourth-order valence-corrected chi connectivity index (χ4v) is 5.83. The Hall–Kier alpha value is -2.80. The minimum Gasteiger partial charge on any atom is -0.497 e. The smallest absolute Gasteiger partial charge is 0.225 e. The Morgan fingerprint density at radius 3 is 2.56 bits per heavy atom. The first kappa shape index (κ1) is 21.1. The van der Waals surface area contributed by atoms with Crippen LogP contribution < -0.4 is 14.5 Å². The van der Waals surface area contributed by atoms with Crippen LogP contribution in [0.5, 0.6) is 5.75 Å². The van der Waals surface area contributed by atoms with Crippen LogP contribution in [0.3, 0.4) is 0 Å². The van der Waals surface area contributed by atoms with Crippen molar-refractivity contribution in [3.63, 3.8) is 0 Å². The monoisotopic (exact) mass is 450 g/mol. The number of methoxy groups -OCH3 is 1. The fraction of sp³-hybridized carbons (Fsp3) is 0.440. The zero-order chi connectivity index (χ0) is 22.1. The summed E-state index contributed by atoms with van der Waals surface area (Å²) in [7, 11) is 1.69. The van der Waals surface area contributed by atoms with E-state index in [2.05, 4.69) is 50.9 Å². The Morgan fingerprint density at radius 1 is 1.03 bits per heavy atom. The van der Waals surface area contributed by atoms with E-state index in [-0.39, 0.29) is 5.92 Å².